The summed E-state index contributed by atoms with van der Waals surface area (Å²) < 4.78 is 21.9. The normalized spacial score (nSPS) is 14.9. The number of hydrogen-bond acceptors (Lipinski definition) is 5. The molecule has 1 N–H and O–H groups in total. The van der Waals surface area contributed by atoms with Crippen LogP contribution in [0.15, 0.2) is 66.7 Å². The second-order valence-corrected chi connectivity index (χ2v) is 9.30. The third kappa shape index (κ3) is 5.38. The Morgan fingerprint density at radius 2 is 1.70 bits per heavy atom. The van der Waals surface area contributed by atoms with Gasteiger partial charge in [0, 0.05) is 48.3 Å². The number of nitrogens with zero attached hydrogens (tertiary/aromatic N) is 1. The third-order valence-corrected chi connectivity index (χ3v) is 6.78. The van der Waals surface area contributed by atoms with E-state index in [9.17, 15) is 4.79 Å². The lowest BCUT2D eigenvalue weighted by molar-refractivity contribution is 0.135. The molecular weight excluding hydrogens is 492 g/mol. The van der Waals surface area contributed by atoms with Crippen molar-refractivity contribution in [3.8, 4) is 17.2 Å². The van der Waals surface area contributed by atoms with E-state index in [1.807, 2.05) is 42.5 Å². The van der Waals surface area contributed by atoms with E-state index >= 15 is 0 Å². The van der Waals surface area contributed by atoms with E-state index in [2.05, 4.69) is 4.98 Å². The van der Waals surface area contributed by atoms with Crippen LogP contribution in [0.25, 0.3) is 10.9 Å². The molecule has 8 heteroatoms. The average molecular weight is 521 g/mol. The number of carbonyl (C=O) groups excluding carboxylic acids is 1. The van der Waals surface area contributed by atoms with Crippen LogP contribution in [0.5, 0.6) is 17.2 Å². The number of H-pyrrole nitrogens is 1. The van der Waals surface area contributed by atoms with Gasteiger partial charge in [0.2, 0.25) is 0 Å². The number of methoxy groups -OCH3 is 2. The molecule has 192 valence electrons. The van der Waals surface area contributed by atoms with E-state index in [0.29, 0.717) is 42.7 Å². The van der Waals surface area contributed by atoms with Crippen LogP contribution in [0, 0.1) is 0 Å². The van der Waals surface area contributed by atoms with Gasteiger partial charge in [0.15, 0.2) is 0 Å². The Hall–Kier alpha value is -3.68. The van der Waals surface area contributed by atoms with Crippen LogP contribution in [-0.4, -0.2) is 50.0 Å². The summed E-state index contributed by atoms with van der Waals surface area (Å²) in [5.41, 5.74) is 4.07. The van der Waals surface area contributed by atoms with Crippen LogP contribution in [-0.2, 0) is 11.2 Å². The lowest BCUT2D eigenvalue weighted by Crippen LogP contribution is -2.42. The zero-order chi connectivity index (χ0) is 25.8. The van der Waals surface area contributed by atoms with Crippen LogP contribution in [0.1, 0.15) is 29.3 Å². The summed E-state index contributed by atoms with van der Waals surface area (Å²) in [7, 11) is 3.27. The molecule has 1 aliphatic heterocycles. The van der Waals surface area contributed by atoms with Gasteiger partial charge in [0.1, 0.15) is 23.3 Å². The molecule has 3 aromatic carbocycles. The zero-order valence-corrected chi connectivity index (χ0v) is 21.6. The summed E-state index contributed by atoms with van der Waals surface area (Å²) in [5, 5.41) is 1.76. The van der Waals surface area contributed by atoms with Gasteiger partial charge in [-0.25, -0.2) is 4.79 Å². The average Bonchev–Trinajstić information content (AvgIpc) is 3.29. The van der Waals surface area contributed by atoms with Crippen molar-refractivity contribution < 1.29 is 23.7 Å². The number of halogens is 1. The van der Waals surface area contributed by atoms with Crippen molar-refractivity contribution in [1.29, 1.82) is 0 Å². The maximum Gasteiger partial charge on any atom is 0.416 e. The lowest BCUT2D eigenvalue weighted by Gasteiger charge is -2.35. The number of aromatic nitrogens is 1. The molecule has 1 aromatic heterocycles. The first-order valence-electron chi connectivity index (χ1n) is 12.2. The fraction of sp³-hybridized carbons (Fsp3) is 0.276. The second kappa shape index (κ2) is 11.2. The number of fused-ring (bicyclic) bond motifs is 3. The Morgan fingerprint density at radius 1 is 0.973 bits per heavy atom. The number of carbonyl (C=O) groups is 1. The predicted molar refractivity (Wildman–Crippen MR) is 143 cm³/mol. The number of ether oxygens (including phenoxy) is 4. The highest BCUT2D eigenvalue weighted by atomic mass is 35.5. The molecule has 0 bridgehead atoms. The molecule has 5 rings (SSSR count). The highest BCUT2D eigenvalue weighted by Crippen LogP contribution is 2.40. The number of hydrogen-bond donors (Lipinski definition) is 1. The van der Waals surface area contributed by atoms with Gasteiger partial charge in [-0.2, -0.15) is 0 Å². The van der Waals surface area contributed by atoms with E-state index in [-0.39, 0.29) is 6.04 Å². The fourth-order valence-electron chi connectivity index (χ4n) is 4.75. The van der Waals surface area contributed by atoms with Gasteiger partial charge < -0.3 is 23.9 Å². The van der Waals surface area contributed by atoms with Gasteiger partial charge in [-0.1, -0.05) is 23.7 Å². The van der Waals surface area contributed by atoms with Crippen LogP contribution in [0.2, 0.25) is 5.02 Å². The van der Waals surface area contributed by atoms with Gasteiger partial charge in [-0.3, -0.25) is 4.90 Å². The van der Waals surface area contributed by atoms with Gasteiger partial charge >= 0.3 is 6.09 Å². The molecule has 0 saturated carbocycles. The standard InChI is InChI=1S/C29H29ClN2O5/c1-34-16-3-17-36-22-7-4-19(5-8-22)28-27-24(25-18-20(30)6-13-26(25)31-27)14-15-32(28)29(33)37-23-11-9-21(35-2)10-12-23/h4-13,18,28,31H,3,14-17H2,1-2H3. The Labute approximate surface area is 220 Å². The summed E-state index contributed by atoms with van der Waals surface area (Å²) in [6, 6.07) is 20.3. The highest BCUT2D eigenvalue weighted by Gasteiger charge is 2.35. The highest BCUT2D eigenvalue weighted by molar-refractivity contribution is 6.31. The van der Waals surface area contributed by atoms with Crippen molar-refractivity contribution in [2.75, 3.05) is 34.0 Å². The number of aromatic amines is 1. The van der Waals surface area contributed by atoms with Gasteiger partial charge in [0.25, 0.3) is 0 Å². The van der Waals surface area contributed by atoms with Crippen LogP contribution in [0.4, 0.5) is 4.79 Å². The van der Waals surface area contributed by atoms with Crippen molar-refractivity contribution in [3.63, 3.8) is 0 Å². The number of benzene rings is 3. The number of rotatable bonds is 8. The van der Waals surface area contributed by atoms with Crippen molar-refractivity contribution in [2.45, 2.75) is 18.9 Å². The van der Waals surface area contributed by atoms with E-state index in [0.717, 1.165) is 39.9 Å². The molecule has 37 heavy (non-hydrogen) atoms. The predicted octanol–water partition coefficient (Wildman–Crippen LogP) is 6.39. The van der Waals surface area contributed by atoms with Gasteiger partial charge in [0.05, 0.1) is 13.7 Å². The van der Waals surface area contributed by atoms with Crippen LogP contribution >= 0.6 is 11.6 Å². The van der Waals surface area contributed by atoms with E-state index in [4.69, 9.17) is 30.5 Å². The smallest absolute Gasteiger partial charge is 0.416 e. The van der Waals surface area contributed by atoms with Crippen molar-refractivity contribution in [1.82, 2.24) is 9.88 Å². The molecule has 0 radical (unpaired) electrons. The first-order valence-corrected chi connectivity index (χ1v) is 12.6. The first kappa shape index (κ1) is 25.0. The maximum absolute atomic E-state index is 13.5. The molecule has 4 aromatic rings. The molecule has 0 aliphatic carbocycles. The SMILES string of the molecule is COCCCOc1ccc(C2c3[nH]c4ccc(Cl)cc4c3CCN2C(=O)Oc2ccc(OC)cc2)cc1. The molecule has 0 spiro atoms. The van der Waals surface area contributed by atoms with Crippen molar-refractivity contribution in [2.24, 2.45) is 0 Å². The van der Waals surface area contributed by atoms with Crippen molar-refractivity contribution >= 4 is 28.6 Å². The molecule has 1 atom stereocenters. The first-order chi connectivity index (χ1) is 18.1. The molecule has 1 aliphatic rings. The molecule has 0 fully saturated rings. The summed E-state index contributed by atoms with van der Waals surface area (Å²) in [4.78, 5) is 18.8. The monoisotopic (exact) mass is 520 g/mol. The van der Waals surface area contributed by atoms with E-state index < -0.39 is 6.09 Å². The van der Waals surface area contributed by atoms with Crippen LogP contribution in [0.3, 0.4) is 0 Å². The maximum atomic E-state index is 13.5. The van der Waals surface area contributed by atoms with Gasteiger partial charge in [-0.15, -0.1) is 0 Å². The fourth-order valence-corrected chi connectivity index (χ4v) is 4.92. The Balaban J connectivity index is 1.46. The quantitative estimate of drug-likeness (QED) is 0.272. The summed E-state index contributed by atoms with van der Waals surface area (Å²) in [6.07, 6.45) is 1.08. The minimum Gasteiger partial charge on any atom is -0.497 e. The summed E-state index contributed by atoms with van der Waals surface area (Å²) in [5.74, 6) is 1.92. The molecule has 7 nitrogen and oxygen atoms in total. The summed E-state index contributed by atoms with van der Waals surface area (Å²) >= 11 is 6.31. The summed E-state index contributed by atoms with van der Waals surface area (Å²) in [6.45, 7) is 1.73. The Bertz CT molecular complexity index is 1370. The minimum absolute atomic E-state index is 0.358. The van der Waals surface area contributed by atoms with E-state index in [1.165, 1.54) is 0 Å². The number of amides is 1. The molecular formula is C29H29ClN2O5. The molecule has 0 saturated heterocycles. The largest absolute Gasteiger partial charge is 0.497 e. The zero-order valence-electron chi connectivity index (χ0n) is 20.8. The topological polar surface area (TPSA) is 73.0 Å². The molecule has 1 amide bonds. The van der Waals surface area contributed by atoms with Crippen LogP contribution < -0.4 is 14.2 Å². The molecule has 1 unspecified atom stereocenters. The second-order valence-electron chi connectivity index (χ2n) is 8.86. The molecule has 2 heterocycles. The minimum atomic E-state index is -0.419. The van der Waals surface area contributed by atoms with Crippen molar-refractivity contribution in [3.05, 3.63) is 88.6 Å². The lowest BCUT2D eigenvalue weighted by atomic mass is 9.92. The Morgan fingerprint density at radius 3 is 2.43 bits per heavy atom. The van der Waals surface area contributed by atoms with E-state index in [1.54, 1.807) is 43.4 Å². The number of nitrogens with one attached hydrogen (secondary N) is 1. The Kier molecular flexibility index (Phi) is 7.53. The van der Waals surface area contributed by atoms with Gasteiger partial charge in [-0.05, 0) is 72.1 Å². The third-order valence-electron chi connectivity index (χ3n) is 6.55.